The van der Waals surface area contributed by atoms with Gasteiger partial charge in [-0.3, -0.25) is 9.55 Å². The number of nitrogens with zero attached hydrogens (tertiary/aromatic N) is 4. The highest BCUT2D eigenvalue weighted by atomic mass is 19.4. The minimum absolute atomic E-state index is 0.0135. The van der Waals surface area contributed by atoms with E-state index in [1.165, 1.54) is 12.1 Å². The number of aromatic amines is 1. The van der Waals surface area contributed by atoms with Crippen LogP contribution in [0.3, 0.4) is 0 Å². The number of benzene rings is 1. The fraction of sp³-hybridized carbons (Fsp3) is 0.481. The molecule has 2 fully saturated rings. The van der Waals surface area contributed by atoms with Gasteiger partial charge < -0.3 is 19.9 Å². The molecule has 0 unspecified atom stereocenters. The second-order valence-corrected chi connectivity index (χ2v) is 10.5. The summed E-state index contributed by atoms with van der Waals surface area (Å²) in [6.45, 7) is -1.54. The number of piperidine rings is 1. The third-order valence-electron chi connectivity index (χ3n) is 7.72. The predicted molar refractivity (Wildman–Crippen MR) is 140 cm³/mol. The molecule has 2 aliphatic heterocycles. The van der Waals surface area contributed by atoms with E-state index < -0.39 is 48.5 Å². The summed E-state index contributed by atoms with van der Waals surface area (Å²) in [5.41, 5.74) is 0.851. The van der Waals surface area contributed by atoms with E-state index in [1.54, 1.807) is 27.8 Å². The van der Waals surface area contributed by atoms with Gasteiger partial charge in [-0.2, -0.15) is 13.2 Å². The van der Waals surface area contributed by atoms with Crippen molar-refractivity contribution in [3.05, 3.63) is 64.2 Å². The van der Waals surface area contributed by atoms with Crippen molar-refractivity contribution in [2.45, 2.75) is 49.9 Å². The molecule has 0 bridgehead atoms. The van der Waals surface area contributed by atoms with Gasteiger partial charge in [0.15, 0.2) is 23.9 Å². The van der Waals surface area contributed by atoms with Crippen molar-refractivity contribution >= 4 is 23.3 Å². The standard InChI is InChI=1S/C27H29F5N6O4/c28-20-4-1-3-19(22(20)29)16-6-7-17(14-37(13-16)26(41)42-15-27(30,31)32)34-24(39)36-11-8-18(9-12-36)38-21-5-2-10-33-23(21)35-25(38)40/h1-5,10,16-18H,6-9,11-15H2,(H,34,39)(H,33,35,40)/t16-,17-/m1/s1. The molecule has 1 aromatic carbocycles. The number of hydrogen-bond acceptors (Lipinski definition) is 5. The lowest BCUT2D eigenvalue weighted by molar-refractivity contribution is -0.162. The van der Waals surface area contributed by atoms with Crippen LogP contribution >= 0.6 is 0 Å². The minimum atomic E-state index is -4.75. The number of pyridine rings is 1. The molecule has 15 heteroatoms. The van der Waals surface area contributed by atoms with Crippen molar-refractivity contribution in [1.82, 2.24) is 29.7 Å². The van der Waals surface area contributed by atoms with Gasteiger partial charge in [-0.25, -0.2) is 28.1 Å². The fourth-order valence-electron chi connectivity index (χ4n) is 5.70. The molecule has 0 radical (unpaired) electrons. The number of imidazole rings is 1. The first-order valence-electron chi connectivity index (χ1n) is 13.5. The van der Waals surface area contributed by atoms with Gasteiger partial charge in [-0.05, 0) is 49.4 Å². The Morgan fingerprint density at radius 3 is 2.52 bits per heavy atom. The van der Waals surface area contributed by atoms with Crippen LogP contribution in [0.2, 0.25) is 0 Å². The first kappa shape index (κ1) is 29.3. The molecule has 2 N–H and O–H groups in total. The first-order valence-corrected chi connectivity index (χ1v) is 13.5. The normalized spacial score (nSPS) is 20.4. The number of likely N-dealkylation sites (tertiary alicyclic amines) is 2. The van der Waals surface area contributed by atoms with Crippen molar-refractivity contribution in [2.75, 3.05) is 32.8 Å². The Balaban J connectivity index is 1.25. The van der Waals surface area contributed by atoms with Crippen LogP contribution in [0.25, 0.3) is 11.2 Å². The van der Waals surface area contributed by atoms with E-state index >= 15 is 0 Å². The molecule has 42 heavy (non-hydrogen) atoms. The van der Waals surface area contributed by atoms with Gasteiger partial charge in [0.25, 0.3) is 0 Å². The molecular weight excluding hydrogens is 567 g/mol. The number of carbonyl (C=O) groups is 2. The molecule has 0 spiro atoms. The van der Waals surface area contributed by atoms with Crippen molar-refractivity contribution in [1.29, 1.82) is 0 Å². The zero-order valence-electron chi connectivity index (χ0n) is 22.4. The number of urea groups is 1. The Hall–Kier alpha value is -4.17. The van der Waals surface area contributed by atoms with Crippen LogP contribution in [-0.4, -0.2) is 81.5 Å². The van der Waals surface area contributed by atoms with Crippen molar-refractivity contribution < 1.29 is 36.3 Å². The predicted octanol–water partition coefficient (Wildman–Crippen LogP) is 4.30. The van der Waals surface area contributed by atoms with E-state index in [9.17, 15) is 36.3 Å². The van der Waals surface area contributed by atoms with Gasteiger partial charge in [0, 0.05) is 50.4 Å². The number of amides is 3. The molecule has 2 aliphatic rings. The number of rotatable bonds is 4. The van der Waals surface area contributed by atoms with Crippen LogP contribution in [0.4, 0.5) is 31.5 Å². The Labute approximate surface area is 236 Å². The number of H-pyrrole nitrogens is 1. The van der Waals surface area contributed by atoms with Gasteiger partial charge in [0.05, 0.1) is 5.52 Å². The van der Waals surface area contributed by atoms with Gasteiger partial charge in [-0.15, -0.1) is 0 Å². The van der Waals surface area contributed by atoms with Crippen LogP contribution in [0.1, 0.15) is 43.2 Å². The summed E-state index contributed by atoms with van der Waals surface area (Å²) in [7, 11) is 0. The number of halogens is 5. The second-order valence-electron chi connectivity index (χ2n) is 10.5. The highest BCUT2D eigenvalue weighted by Crippen LogP contribution is 2.31. The highest BCUT2D eigenvalue weighted by molar-refractivity contribution is 5.75. The molecule has 226 valence electrons. The third kappa shape index (κ3) is 6.49. The third-order valence-corrected chi connectivity index (χ3v) is 7.72. The number of carbonyl (C=O) groups excluding carboxylic acids is 2. The van der Waals surface area contributed by atoms with Crippen molar-refractivity contribution in [3.8, 4) is 0 Å². The van der Waals surface area contributed by atoms with E-state index in [1.807, 2.05) is 0 Å². The molecular formula is C27H29F5N6O4. The maximum atomic E-state index is 14.6. The van der Waals surface area contributed by atoms with Gasteiger partial charge in [-0.1, -0.05) is 12.1 Å². The van der Waals surface area contributed by atoms with Crippen LogP contribution in [-0.2, 0) is 4.74 Å². The maximum Gasteiger partial charge on any atom is 0.422 e. The largest absolute Gasteiger partial charge is 0.440 e. The van der Waals surface area contributed by atoms with Crippen LogP contribution in [0.5, 0.6) is 0 Å². The Morgan fingerprint density at radius 1 is 1.02 bits per heavy atom. The fourth-order valence-corrected chi connectivity index (χ4v) is 5.70. The van der Waals surface area contributed by atoms with Crippen LogP contribution in [0.15, 0.2) is 41.3 Å². The smallest absolute Gasteiger partial charge is 0.422 e. The molecule has 2 aromatic heterocycles. The van der Waals surface area contributed by atoms with E-state index in [-0.39, 0.29) is 43.2 Å². The molecule has 2 saturated heterocycles. The van der Waals surface area contributed by atoms with E-state index in [0.29, 0.717) is 37.1 Å². The van der Waals surface area contributed by atoms with E-state index in [2.05, 4.69) is 20.0 Å². The number of hydrogen-bond donors (Lipinski definition) is 2. The summed E-state index contributed by atoms with van der Waals surface area (Å²) in [5, 5.41) is 2.84. The number of aromatic nitrogens is 3. The maximum absolute atomic E-state index is 14.6. The summed E-state index contributed by atoms with van der Waals surface area (Å²) in [4.78, 5) is 47.8. The summed E-state index contributed by atoms with van der Waals surface area (Å²) in [6.07, 6.45) is -2.96. The second kappa shape index (κ2) is 12.0. The zero-order valence-corrected chi connectivity index (χ0v) is 22.4. The van der Waals surface area contributed by atoms with Crippen molar-refractivity contribution in [3.63, 3.8) is 0 Å². The summed E-state index contributed by atoms with van der Waals surface area (Å²) >= 11 is 0. The molecule has 3 aromatic rings. The van der Waals surface area contributed by atoms with Gasteiger partial charge >= 0.3 is 24.0 Å². The van der Waals surface area contributed by atoms with Gasteiger partial charge in [0.2, 0.25) is 0 Å². The molecule has 2 atom stereocenters. The highest BCUT2D eigenvalue weighted by Gasteiger charge is 2.35. The Kier molecular flexibility index (Phi) is 8.36. The summed E-state index contributed by atoms with van der Waals surface area (Å²) < 4.78 is 72.7. The van der Waals surface area contributed by atoms with Crippen LogP contribution < -0.4 is 11.0 Å². The first-order chi connectivity index (χ1) is 20.0. The van der Waals surface area contributed by atoms with Crippen LogP contribution in [0, 0.1) is 11.6 Å². The monoisotopic (exact) mass is 596 g/mol. The number of nitrogens with one attached hydrogen (secondary N) is 2. The number of ether oxygens (including phenoxy) is 1. The lowest BCUT2D eigenvalue weighted by Crippen LogP contribution is -2.51. The molecule has 4 heterocycles. The molecule has 3 amide bonds. The van der Waals surface area contributed by atoms with E-state index in [4.69, 9.17) is 0 Å². The number of alkyl halides is 3. The molecule has 5 rings (SSSR count). The topological polar surface area (TPSA) is 113 Å². The molecule has 10 nitrogen and oxygen atoms in total. The lowest BCUT2D eigenvalue weighted by atomic mass is 9.93. The Morgan fingerprint density at radius 2 is 1.79 bits per heavy atom. The summed E-state index contributed by atoms with van der Waals surface area (Å²) in [5.74, 6) is -2.91. The van der Waals surface area contributed by atoms with Gasteiger partial charge in [0.1, 0.15) is 0 Å². The molecule has 0 aliphatic carbocycles. The molecule has 0 saturated carbocycles. The average Bonchev–Trinajstić information content (AvgIpc) is 3.15. The quantitative estimate of drug-likeness (QED) is 0.437. The average molecular weight is 597 g/mol. The summed E-state index contributed by atoms with van der Waals surface area (Å²) in [6, 6.07) is 5.87. The zero-order chi connectivity index (χ0) is 30.0. The van der Waals surface area contributed by atoms with E-state index in [0.717, 1.165) is 11.0 Å². The van der Waals surface area contributed by atoms with Crippen molar-refractivity contribution in [2.24, 2.45) is 0 Å². The SMILES string of the molecule is O=C(N[C@@H]1CC[C@@H](c2cccc(F)c2F)CN(C(=O)OCC(F)(F)F)C1)N1CCC(n2c(=O)[nH]c3ncccc32)CC1. The Bertz CT molecular complexity index is 1500. The lowest BCUT2D eigenvalue weighted by Gasteiger charge is -2.34. The minimum Gasteiger partial charge on any atom is -0.440 e. The number of fused-ring (bicyclic) bond motifs is 1.